The first-order valence-corrected chi connectivity index (χ1v) is 9.07. The van der Waals surface area contributed by atoms with Gasteiger partial charge in [0.15, 0.2) is 10.1 Å². The fraction of sp³-hybridized carbons (Fsp3) is 0.158. The van der Waals surface area contributed by atoms with Gasteiger partial charge < -0.3 is 9.47 Å². The maximum Gasteiger partial charge on any atom is 0.174 e. The predicted octanol–water partition coefficient (Wildman–Crippen LogP) is 6.21. The molecule has 2 aromatic heterocycles. The number of benzene rings is 2. The minimum Gasteiger partial charge on any atom is -0.487 e. The summed E-state index contributed by atoms with van der Waals surface area (Å²) in [5.41, 5.74) is 0. The Morgan fingerprint density at radius 2 is 1.30 bits per heavy atom. The zero-order valence-electron chi connectivity index (χ0n) is 13.1. The molecule has 0 aliphatic carbocycles. The zero-order valence-corrected chi connectivity index (χ0v) is 14.7. The molecular formula is C19H18O2S2. The van der Waals surface area contributed by atoms with Crippen molar-refractivity contribution in [3.05, 3.63) is 60.7 Å². The molecule has 4 aromatic rings. The molecule has 0 fully saturated rings. The molecule has 0 N–H and O–H groups in total. The smallest absolute Gasteiger partial charge is 0.174 e. The van der Waals surface area contributed by atoms with Crippen LogP contribution < -0.4 is 9.47 Å². The highest BCUT2D eigenvalue weighted by atomic mass is 32.1. The molecule has 0 unspecified atom stereocenters. The van der Waals surface area contributed by atoms with Crippen LogP contribution >= 0.6 is 22.7 Å². The van der Waals surface area contributed by atoms with Gasteiger partial charge >= 0.3 is 0 Å². The van der Waals surface area contributed by atoms with Crippen LogP contribution in [-0.4, -0.2) is 13.7 Å². The summed E-state index contributed by atoms with van der Waals surface area (Å²) in [5, 5.41) is 4.52. The molecule has 0 bridgehead atoms. The van der Waals surface area contributed by atoms with E-state index in [2.05, 4.69) is 42.5 Å². The molecule has 0 spiro atoms. The number of methoxy groups -OCH3 is 1. The van der Waals surface area contributed by atoms with Gasteiger partial charge in [-0.25, -0.2) is 0 Å². The van der Waals surface area contributed by atoms with Crippen LogP contribution in [0.4, 0.5) is 0 Å². The SMILES string of the molecule is CCOc1cc2ccccc2s1.COc1cc2ccccc2s1. The lowest BCUT2D eigenvalue weighted by atomic mass is 10.3. The largest absolute Gasteiger partial charge is 0.487 e. The van der Waals surface area contributed by atoms with Crippen LogP contribution in [0.5, 0.6) is 10.1 Å². The van der Waals surface area contributed by atoms with E-state index in [0.29, 0.717) is 0 Å². The standard InChI is InChI=1S/C10H10OS.C9H8OS/c1-2-11-10-7-8-5-3-4-6-9(8)12-10;1-10-9-6-7-4-2-3-5-8(7)11-9/h3-7H,2H2,1H3;2-6H,1H3. The number of hydrogen-bond donors (Lipinski definition) is 0. The van der Waals surface area contributed by atoms with E-state index in [0.717, 1.165) is 16.7 Å². The van der Waals surface area contributed by atoms with Crippen LogP contribution in [0.15, 0.2) is 60.7 Å². The molecule has 0 aliphatic heterocycles. The summed E-state index contributed by atoms with van der Waals surface area (Å²) < 4.78 is 13.1. The molecule has 2 aromatic carbocycles. The van der Waals surface area contributed by atoms with Crippen molar-refractivity contribution in [2.45, 2.75) is 6.92 Å². The van der Waals surface area contributed by atoms with Crippen molar-refractivity contribution in [3.63, 3.8) is 0 Å². The quantitative estimate of drug-likeness (QED) is 0.440. The molecule has 0 atom stereocenters. The third-order valence-electron chi connectivity index (χ3n) is 3.29. The summed E-state index contributed by atoms with van der Waals surface area (Å²) in [6.45, 7) is 2.75. The summed E-state index contributed by atoms with van der Waals surface area (Å²) in [7, 11) is 1.70. The Kier molecular flexibility index (Phi) is 5.16. The second kappa shape index (κ2) is 7.49. The summed E-state index contributed by atoms with van der Waals surface area (Å²) in [4.78, 5) is 0. The first-order valence-electron chi connectivity index (χ1n) is 7.44. The molecule has 0 amide bonds. The first kappa shape index (κ1) is 15.8. The summed E-state index contributed by atoms with van der Waals surface area (Å²) in [6, 6.07) is 20.7. The Labute approximate surface area is 143 Å². The van der Waals surface area contributed by atoms with Crippen molar-refractivity contribution in [3.8, 4) is 10.1 Å². The lowest BCUT2D eigenvalue weighted by Crippen LogP contribution is -1.86. The van der Waals surface area contributed by atoms with Crippen molar-refractivity contribution in [1.82, 2.24) is 0 Å². The van der Waals surface area contributed by atoms with Gasteiger partial charge in [0.05, 0.1) is 13.7 Å². The second-order valence-corrected chi connectivity index (χ2v) is 6.94. The molecular weight excluding hydrogens is 324 g/mol. The number of thiophene rings is 2. The average molecular weight is 342 g/mol. The number of rotatable bonds is 3. The van der Waals surface area contributed by atoms with Gasteiger partial charge in [-0.2, -0.15) is 0 Å². The first-order chi connectivity index (χ1) is 11.3. The normalized spacial score (nSPS) is 10.3. The van der Waals surface area contributed by atoms with Gasteiger partial charge in [0, 0.05) is 9.40 Å². The maximum atomic E-state index is 5.41. The number of fused-ring (bicyclic) bond motifs is 2. The predicted molar refractivity (Wildman–Crippen MR) is 101 cm³/mol. The van der Waals surface area contributed by atoms with Crippen LogP contribution in [-0.2, 0) is 0 Å². The third kappa shape index (κ3) is 3.84. The van der Waals surface area contributed by atoms with Crippen molar-refractivity contribution < 1.29 is 9.47 Å². The van der Waals surface area contributed by atoms with Gasteiger partial charge in [0.25, 0.3) is 0 Å². The Bertz CT molecular complexity index is 826. The highest BCUT2D eigenvalue weighted by Gasteiger charge is 1.99. The molecule has 2 nitrogen and oxygen atoms in total. The lowest BCUT2D eigenvalue weighted by molar-refractivity contribution is 0.350. The lowest BCUT2D eigenvalue weighted by Gasteiger charge is -1.93. The second-order valence-electron chi connectivity index (χ2n) is 4.84. The van der Waals surface area contributed by atoms with E-state index in [1.54, 1.807) is 29.8 Å². The highest BCUT2D eigenvalue weighted by molar-refractivity contribution is 7.21. The Morgan fingerprint density at radius 3 is 1.83 bits per heavy atom. The minimum absolute atomic E-state index is 0.743. The van der Waals surface area contributed by atoms with Crippen LogP contribution in [0.2, 0.25) is 0 Å². The number of hydrogen-bond acceptors (Lipinski definition) is 4. The van der Waals surface area contributed by atoms with Crippen LogP contribution in [0.3, 0.4) is 0 Å². The van der Waals surface area contributed by atoms with E-state index in [-0.39, 0.29) is 0 Å². The Morgan fingerprint density at radius 1 is 0.783 bits per heavy atom. The molecule has 0 saturated carbocycles. The Hall–Kier alpha value is -2.04. The van der Waals surface area contributed by atoms with Gasteiger partial charge in [-0.3, -0.25) is 0 Å². The topological polar surface area (TPSA) is 18.5 Å². The van der Waals surface area contributed by atoms with Crippen LogP contribution in [0.1, 0.15) is 6.92 Å². The molecule has 4 heteroatoms. The fourth-order valence-corrected chi connectivity index (χ4v) is 4.08. The van der Waals surface area contributed by atoms with Crippen molar-refractivity contribution >= 4 is 42.8 Å². The average Bonchev–Trinajstić information content (AvgIpc) is 3.18. The molecule has 4 rings (SSSR count). The van der Waals surface area contributed by atoms with Crippen LogP contribution in [0.25, 0.3) is 20.2 Å². The van der Waals surface area contributed by atoms with E-state index in [4.69, 9.17) is 9.47 Å². The van der Waals surface area contributed by atoms with Crippen molar-refractivity contribution in [2.75, 3.05) is 13.7 Å². The molecule has 2 heterocycles. The van der Waals surface area contributed by atoms with Gasteiger partial charge in [-0.15, -0.1) is 0 Å². The molecule has 0 aliphatic rings. The summed E-state index contributed by atoms with van der Waals surface area (Å²) in [5.74, 6) is 0. The maximum absolute atomic E-state index is 5.41. The molecule has 118 valence electrons. The van der Waals surface area contributed by atoms with Gasteiger partial charge in [-0.1, -0.05) is 59.1 Å². The van der Waals surface area contributed by atoms with E-state index >= 15 is 0 Å². The van der Waals surface area contributed by atoms with Crippen molar-refractivity contribution in [2.24, 2.45) is 0 Å². The number of ether oxygens (including phenoxy) is 2. The van der Waals surface area contributed by atoms with E-state index in [1.165, 1.54) is 20.2 Å². The minimum atomic E-state index is 0.743. The van der Waals surface area contributed by atoms with Crippen LogP contribution in [0, 0.1) is 0 Å². The highest BCUT2D eigenvalue weighted by Crippen LogP contribution is 2.31. The van der Waals surface area contributed by atoms with E-state index in [9.17, 15) is 0 Å². The summed E-state index contributed by atoms with van der Waals surface area (Å²) in [6.07, 6.45) is 0. The van der Waals surface area contributed by atoms with E-state index < -0.39 is 0 Å². The zero-order chi connectivity index (χ0) is 16.1. The molecule has 23 heavy (non-hydrogen) atoms. The van der Waals surface area contributed by atoms with Crippen molar-refractivity contribution in [1.29, 1.82) is 0 Å². The molecule has 0 radical (unpaired) electrons. The van der Waals surface area contributed by atoms with E-state index in [1.807, 2.05) is 25.1 Å². The summed E-state index contributed by atoms with van der Waals surface area (Å²) >= 11 is 3.37. The fourth-order valence-electron chi connectivity index (χ4n) is 2.23. The van der Waals surface area contributed by atoms with Gasteiger partial charge in [0.1, 0.15) is 0 Å². The Balaban J connectivity index is 0.000000136. The van der Waals surface area contributed by atoms with Gasteiger partial charge in [0.2, 0.25) is 0 Å². The monoisotopic (exact) mass is 342 g/mol. The van der Waals surface area contributed by atoms with Gasteiger partial charge in [-0.05, 0) is 42.0 Å². The third-order valence-corrected chi connectivity index (χ3v) is 5.40. The molecule has 0 saturated heterocycles.